The number of benzene rings is 1. The molecular weight excluding hydrogens is 373 g/mol. The number of hydrogen-bond donors (Lipinski definition) is 1. The van der Waals surface area contributed by atoms with Crippen LogP contribution in [0.3, 0.4) is 0 Å². The van der Waals surface area contributed by atoms with E-state index in [-0.39, 0.29) is 5.75 Å². The molecule has 1 N–H and O–H groups in total. The van der Waals surface area contributed by atoms with Gasteiger partial charge in [0.05, 0.1) is 13.2 Å². The van der Waals surface area contributed by atoms with Gasteiger partial charge in [-0.2, -0.15) is 13.2 Å². The number of nitrogens with one attached hydrogen (secondary N) is 1. The van der Waals surface area contributed by atoms with Crippen molar-refractivity contribution in [1.82, 2.24) is 15.1 Å². The summed E-state index contributed by atoms with van der Waals surface area (Å²) < 4.78 is 47.7. The van der Waals surface area contributed by atoms with Crippen LogP contribution in [0.15, 0.2) is 29.3 Å². The lowest BCUT2D eigenvalue weighted by Crippen LogP contribution is -2.46. The molecule has 1 atom stereocenters. The second-order valence-corrected chi connectivity index (χ2v) is 6.95. The molecule has 0 radical (unpaired) electrons. The van der Waals surface area contributed by atoms with Crippen LogP contribution in [0, 0.1) is 0 Å². The molecule has 9 heteroatoms. The summed E-state index contributed by atoms with van der Waals surface area (Å²) in [6.07, 6.45) is -3.30. The van der Waals surface area contributed by atoms with Crippen molar-refractivity contribution in [2.24, 2.45) is 4.99 Å². The van der Waals surface area contributed by atoms with Gasteiger partial charge in [-0.05, 0) is 12.5 Å². The first-order valence-corrected chi connectivity index (χ1v) is 9.51. The number of hydrogen-bond acceptors (Lipinski definition) is 4. The number of aliphatic imine (C=N–C) groups is 1. The van der Waals surface area contributed by atoms with E-state index >= 15 is 0 Å². The lowest BCUT2D eigenvalue weighted by Gasteiger charge is -2.32. The van der Waals surface area contributed by atoms with Crippen molar-refractivity contribution in [2.45, 2.75) is 25.2 Å². The molecular formula is C19H27F3N4O2. The van der Waals surface area contributed by atoms with E-state index in [2.05, 4.69) is 20.1 Å². The smallest absolute Gasteiger partial charge is 0.422 e. The summed E-state index contributed by atoms with van der Waals surface area (Å²) in [4.78, 5) is 9.00. The van der Waals surface area contributed by atoms with Gasteiger partial charge in [0.2, 0.25) is 0 Å². The van der Waals surface area contributed by atoms with Crippen LogP contribution >= 0.6 is 0 Å². The third-order valence-corrected chi connectivity index (χ3v) is 5.04. The largest absolute Gasteiger partial charge is 0.484 e. The van der Waals surface area contributed by atoms with Crippen LogP contribution in [0.5, 0.6) is 5.75 Å². The maximum absolute atomic E-state index is 12.5. The molecule has 0 spiro atoms. The molecule has 2 aliphatic rings. The average Bonchev–Trinajstić information content (AvgIpc) is 3.18. The highest BCUT2D eigenvalue weighted by Crippen LogP contribution is 2.22. The number of alkyl halides is 3. The normalized spacial score (nSPS) is 21.8. The van der Waals surface area contributed by atoms with Gasteiger partial charge in [0.1, 0.15) is 5.75 Å². The molecule has 0 bridgehead atoms. The third kappa shape index (κ3) is 5.75. The van der Waals surface area contributed by atoms with Crippen LogP contribution in [0.25, 0.3) is 0 Å². The Hall–Kier alpha value is -2.00. The topological polar surface area (TPSA) is 49.3 Å². The fourth-order valence-corrected chi connectivity index (χ4v) is 3.63. The zero-order chi connectivity index (χ0) is 20.0. The molecule has 6 nitrogen and oxygen atoms in total. The quantitative estimate of drug-likeness (QED) is 0.606. The van der Waals surface area contributed by atoms with Crippen molar-refractivity contribution < 1.29 is 22.6 Å². The van der Waals surface area contributed by atoms with Crippen LogP contribution in [0.4, 0.5) is 13.2 Å². The predicted octanol–water partition coefficient (Wildman–Crippen LogP) is 2.11. The lowest BCUT2D eigenvalue weighted by atomic mass is 10.2. The zero-order valence-electron chi connectivity index (χ0n) is 16.0. The van der Waals surface area contributed by atoms with Gasteiger partial charge in [-0.15, -0.1) is 0 Å². The summed E-state index contributed by atoms with van der Waals surface area (Å²) in [5.74, 6) is 0.983. The lowest BCUT2D eigenvalue weighted by molar-refractivity contribution is -0.153. The zero-order valence-corrected chi connectivity index (χ0v) is 16.0. The van der Waals surface area contributed by atoms with Gasteiger partial charge in [0.15, 0.2) is 12.6 Å². The van der Waals surface area contributed by atoms with E-state index in [0.29, 0.717) is 18.2 Å². The Bertz CT molecular complexity index is 663. The van der Waals surface area contributed by atoms with Crippen molar-refractivity contribution in [3.63, 3.8) is 0 Å². The first kappa shape index (κ1) is 20.7. The van der Waals surface area contributed by atoms with E-state index < -0.39 is 12.8 Å². The fourth-order valence-electron chi connectivity index (χ4n) is 3.63. The fraction of sp³-hybridized carbons (Fsp3) is 0.632. The minimum Gasteiger partial charge on any atom is -0.484 e. The summed E-state index contributed by atoms with van der Waals surface area (Å²) in [6.45, 7) is 4.28. The summed E-state index contributed by atoms with van der Waals surface area (Å²) in [5, 5.41) is 3.26. The molecule has 156 valence electrons. The average molecular weight is 400 g/mol. The Balaban J connectivity index is 1.55. The molecule has 28 heavy (non-hydrogen) atoms. The monoisotopic (exact) mass is 400 g/mol. The SMILES string of the molecule is CN=C(NCc1ccccc1OCC(F)(F)F)N1CCC(N2CCOCC2)C1. The molecule has 0 aromatic heterocycles. The van der Waals surface area contributed by atoms with Crippen molar-refractivity contribution in [3.05, 3.63) is 29.8 Å². The van der Waals surface area contributed by atoms with Crippen LogP contribution in [0.1, 0.15) is 12.0 Å². The summed E-state index contributed by atoms with van der Waals surface area (Å²) in [7, 11) is 1.72. The molecule has 0 aliphatic carbocycles. The van der Waals surface area contributed by atoms with Crippen molar-refractivity contribution in [3.8, 4) is 5.75 Å². The van der Waals surface area contributed by atoms with Crippen LogP contribution in [-0.2, 0) is 11.3 Å². The van der Waals surface area contributed by atoms with Gasteiger partial charge >= 0.3 is 6.18 Å². The highest BCUT2D eigenvalue weighted by atomic mass is 19.4. The van der Waals surface area contributed by atoms with Crippen LogP contribution in [-0.4, -0.2) is 81.0 Å². The Labute approximate surface area is 163 Å². The minimum atomic E-state index is -4.36. The third-order valence-electron chi connectivity index (χ3n) is 5.04. The Kier molecular flexibility index (Phi) is 7.01. The Morgan fingerprint density at radius 2 is 2.00 bits per heavy atom. The number of nitrogens with zero attached hydrogens (tertiary/aromatic N) is 3. The van der Waals surface area contributed by atoms with E-state index in [0.717, 1.165) is 51.8 Å². The molecule has 2 heterocycles. The molecule has 1 aromatic carbocycles. The number of ether oxygens (including phenoxy) is 2. The van der Waals surface area contributed by atoms with E-state index in [1.165, 1.54) is 0 Å². The van der Waals surface area contributed by atoms with E-state index in [1.807, 2.05) is 0 Å². The number of halogens is 3. The second kappa shape index (κ2) is 9.47. The van der Waals surface area contributed by atoms with Gasteiger partial charge in [-0.1, -0.05) is 18.2 Å². The standard InChI is InChI=1S/C19H27F3N4O2/c1-23-18(26-7-6-16(13-26)25-8-10-27-11-9-25)24-12-15-4-2-3-5-17(15)28-14-19(20,21)22/h2-5,16H,6-14H2,1H3,(H,23,24). The number of guanidine groups is 1. The highest BCUT2D eigenvalue weighted by molar-refractivity contribution is 5.80. The summed E-state index contributed by atoms with van der Waals surface area (Å²) in [5.41, 5.74) is 0.664. The van der Waals surface area contributed by atoms with Gasteiger partial charge < -0.3 is 19.7 Å². The molecule has 0 amide bonds. The minimum absolute atomic E-state index is 0.232. The molecule has 2 saturated heterocycles. The molecule has 2 aliphatic heterocycles. The summed E-state index contributed by atoms with van der Waals surface area (Å²) in [6, 6.07) is 7.23. The highest BCUT2D eigenvalue weighted by Gasteiger charge is 2.31. The van der Waals surface area contributed by atoms with Gasteiger partial charge in [-0.25, -0.2) is 0 Å². The number of para-hydroxylation sites is 1. The van der Waals surface area contributed by atoms with Crippen molar-refractivity contribution >= 4 is 5.96 Å². The van der Waals surface area contributed by atoms with Crippen LogP contribution < -0.4 is 10.1 Å². The first-order chi connectivity index (χ1) is 13.5. The first-order valence-electron chi connectivity index (χ1n) is 9.51. The van der Waals surface area contributed by atoms with E-state index in [1.54, 1.807) is 31.3 Å². The second-order valence-electron chi connectivity index (χ2n) is 6.95. The predicted molar refractivity (Wildman–Crippen MR) is 101 cm³/mol. The van der Waals surface area contributed by atoms with Crippen molar-refractivity contribution in [2.75, 3.05) is 53.0 Å². The molecule has 1 aromatic rings. The summed E-state index contributed by atoms with van der Waals surface area (Å²) >= 11 is 0. The van der Waals surface area contributed by atoms with Gasteiger partial charge in [0, 0.05) is 51.4 Å². The van der Waals surface area contributed by atoms with Gasteiger partial charge in [-0.3, -0.25) is 9.89 Å². The number of rotatable bonds is 5. The maximum Gasteiger partial charge on any atom is 0.422 e. The number of morpholine rings is 1. The molecule has 1 unspecified atom stereocenters. The Morgan fingerprint density at radius 1 is 1.25 bits per heavy atom. The van der Waals surface area contributed by atoms with Crippen LogP contribution in [0.2, 0.25) is 0 Å². The Morgan fingerprint density at radius 3 is 2.71 bits per heavy atom. The number of likely N-dealkylation sites (tertiary alicyclic amines) is 1. The van der Waals surface area contributed by atoms with E-state index in [4.69, 9.17) is 9.47 Å². The van der Waals surface area contributed by atoms with E-state index in [9.17, 15) is 13.2 Å². The van der Waals surface area contributed by atoms with Crippen molar-refractivity contribution in [1.29, 1.82) is 0 Å². The molecule has 2 fully saturated rings. The molecule has 3 rings (SSSR count). The molecule has 0 saturated carbocycles. The maximum atomic E-state index is 12.5. The van der Waals surface area contributed by atoms with Gasteiger partial charge in [0.25, 0.3) is 0 Å².